The average Bonchev–Trinajstić information content (AvgIpc) is 2.31. The highest BCUT2D eigenvalue weighted by Crippen LogP contribution is 1.97. The predicted octanol–water partition coefficient (Wildman–Crippen LogP) is 4.71. The summed E-state index contributed by atoms with van der Waals surface area (Å²) >= 11 is 0. The lowest BCUT2D eigenvalue weighted by atomic mass is 10.2. The summed E-state index contributed by atoms with van der Waals surface area (Å²) in [4.78, 5) is 0. The van der Waals surface area contributed by atoms with Gasteiger partial charge in [0.15, 0.2) is 0 Å². The van der Waals surface area contributed by atoms with Gasteiger partial charge in [-0.05, 0) is 25.0 Å². The van der Waals surface area contributed by atoms with E-state index in [1.165, 1.54) is 38.5 Å². The molecule has 0 bridgehead atoms. The summed E-state index contributed by atoms with van der Waals surface area (Å²) < 4.78 is 0. The van der Waals surface area contributed by atoms with Crippen LogP contribution >= 0.6 is 0 Å². The van der Waals surface area contributed by atoms with Gasteiger partial charge in [-0.3, -0.25) is 0 Å². The quantitative estimate of drug-likeness (QED) is 0.445. The highest BCUT2D eigenvalue weighted by Gasteiger charge is 1.80. The maximum Gasteiger partial charge on any atom is 0.00922 e. The highest BCUT2D eigenvalue weighted by molar-refractivity contribution is 5.24. The Balaban J connectivity index is 3.44. The molecule has 0 N–H and O–H groups in total. The van der Waals surface area contributed by atoms with Crippen molar-refractivity contribution in [2.45, 2.75) is 65.2 Å². The van der Waals surface area contributed by atoms with Crippen LogP contribution in [0.25, 0.3) is 0 Å². The Hall–Kier alpha value is -1.14. The zero-order valence-corrected chi connectivity index (χ0v) is 10.8. The lowest BCUT2D eigenvalue weighted by molar-refractivity contribution is 0.737. The fourth-order valence-electron chi connectivity index (χ4n) is 1.27. The van der Waals surface area contributed by atoms with Gasteiger partial charge in [0.25, 0.3) is 0 Å². The minimum absolute atomic E-state index is 1.02. The van der Waals surface area contributed by atoms with Gasteiger partial charge >= 0.3 is 0 Å². The van der Waals surface area contributed by atoms with Gasteiger partial charge in [-0.15, -0.1) is 0 Å². The van der Waals surface area contributed by atoms with Gasteiger partial charge in [0.05, 0.1) is 0 Å². The summed E-state index contributed by atoms with van der Waals surface area (Å²) in [5.74, 6) is 12.3. The fourth-order valence-corrected chi connectivity index (χ4v) is 1.27. The molecule has 0 rings (SSSR count). The topological polar surface area (TPSA) is 0 Å². The highest BCUT2D eigenvalue weighted by atomic mass is 13.8. The molecule has 0 aliphatic carbocycles. The van der Waals surface area contributed by atoms with Crippen molar-refractivity contribution >= 4 is 0 Å². The van der Waals surface area contributed by atoms with Crippen molar-refractivity contribution in [3.8, 4) is 23.7 Å². The summed E-state index contributed by atoms with van der Waals surface area (Å²) in [6, 6.07) is 0. The van der Waals surface area contributed by atoms with Crippen LogP contribution in [0, 0.1) is 23.7 Å². The summed E-state index contributed by atoms with van der Waals surface area (Å²) in [6.45, 7) is 4.42. The van der Waals surface area contributed by atoms with Crippen molar-refractivity contribution in [2.24, 2.45) is 0 Å². The molecule has 0 nitrogen and oxygen atoms in total. The first-order valence-electron chi connectivity index (χ1n) is 6.53. The molecule has 0 aromatic carbocycles. The van der Waals surface area contributed by atoms with Gasteiger partial charge in [-0.1, -0.05) is 63.2 Å². The Morgan fingerprint density at radius 1 is 0.688 bits per heavy atom. The molecule has 0 amide bonds. The van der Waals surface area contributed by atoms with Crippen LogP contribution in [-0.2, 0) is 0 Å². The molecular weight excluding hydrogens is 192 g/mol. The number of unbranched alkanes of at least 4 members (excludes halogenated alkanes) is 6. The second kappa shape index (κ2) is 13.9. The molecule has 0 fully saturated rings. The van der Waals surface area contributed by atoms with Crippen LogP contribution in [0.3, 0.4) is 0 Å². The molecule has 0 heterocycles. The first-order chi connectivity index (χ1) is 7.91. The number of rotatable bonds is 6. The van der Waals surface area contributed by atoms with Gasteiger partial charge in [0, 0.05) is 12.8 Å². The van der Waals surface area contributed by atoms with Crippen LogP contribution in [0.2, 0.25) is 0 Å². The Labute approximate surface area is 102 Å². The Morgan fingerprint density at radius 2 is 1.12 bits per heavy atom. The number of hydrogen-bond acceptors (Lipinski definition) is 0. The summed E-state index contributed by atoms with van der Waals surface area (Å²) in [5, 5.41) is 0. The monoisotopic (exact) mass is 216 g/mol. The summed E-state index contributed by atoms with van der Waals surface area (Å²) in [7, 11) is 0. The van der Waals surface area contributed by atoms with Crippen LogP contribution < -0.4 is 0 Å². The number of allylic oxidation sites excluding steroid dienone is 2. The molecule has 0 aromatic heterocycles. The van der Waals surface area contributed by atoms with Gasteiger partial charge in [-0.25, -0.2) is 0 Å². The van der Waals surface area contributed by atoms with Crippen LogP contribution in [0.15, 0.2) is 12.2 Å². The third-order valence-corrected chi connectivity index (χ3v) is 2.26. The van der Waals surface area contributed by atoms with E-state index >= 15 is 0 Å². The first kappa shape index (κ1) is 14.9. The molecule has 0 atom stereocenters. The lowest BCUT2D eigenvalue weighted by Crippen LogP contribution is -1.70. The molecule has 0 unspecified atom stereocenters. The molecule has 0 aliphatic heterocycles. The lowest BCUT2D eigenvalue weighted by Gasteiger charge is -1.87. The molecule has 16 heavy (non-hydrogen) atoms. The van der Waals surface area contributed by atoms with Gasteiger partial charge in [-0.2, -0.15) is 0 Å². The Morgan fingerprint density at radius 3 is 1.50 bits per heavy atom. The first-order valence-corrected chi connectivity index (χ1v) is 6.53. The van der Waals surface area contributed by atoms with E-state index in [-0.39, 0.29) is 0 Å². The van der Waals surface area contributed by atoms with E-state index in [0.29, 0.717) is 0 Å². The zero-order chi connectivity index (χ0) is 11.9. The van der Waals surface area contributed by atoms with Crippen LogP contribution in [0.4, 0.5) is 0 Å². The molecule has 0 saturated heterocycles. The van der Waals surface area contributed by atoms with Crippen molar-refractivity contribution in [2.75, 3.05) is 0 Å². The van der Waals surface area contributed by atoms with Crippen molar-refractivity contribution in [1.29, 1.82) is 0 Å². The van der Waals surface area contributed by atoms with E-state index in [4.69, 9.17) is 0 Å². The molecule has 0 radical (unpaired) electrons. The molecular formula is C16H24. The molecule has 88 valence electrons. The van der Waals surface area contributed by atoms with Crippen molar-refractivity contribution in [1.82, 2.24) is 0 Å². The second-order valence-electron chi connectivity index (χ2n) is 3.89. The van der Waals surface area contributed by atoms with E-state index in [1.807, 2.05) is 12.2 Å². The normalized spacial score (nSPS) is 9.38. The largest absolute Gasteiger partial charge is 0.0985 e. The van der Waals surface area contributed by atoms with E-state index in [9.17, 15) is 0 Å². The maximum absolute atomic E-state index is 3.13. The SMILES string of the molecule is CCCCCC#C/C=C/C#CCCCCC. The van der Waals surface area contributed by atoms with Gasteiger partial charge in [0.1, 0.15) is 0 Å². The van der Waals surface area contributed by atoms with Crippen LogP contribution in [0.5, 0.6) is 0 Å². The average molecular weight is 216 g/mol. The van der Waals surface area contributed by atoms with Crippen LogP contribution in [0.1, 0.15) is 65.2 Å². The fraction of sp³-hybridized carbons (Fsp3) is 0.625. The second-order valence-corrected chi connectivity index (χ2v) is 3.89. The van der Waals surface area contributed by atoms with Crippen molar-refractivity contribution in [3.63, 3.8) is 0 Å². The van der Waals surface area contributed by atoms with Gasteiger partial charge in [0.2, 0.25) is 0 Å². The van der Waals surface area contributed by atoms with E-state index in [0.717, 1.165) is 12.8 Å². The smallest absolute Gasteiger partial charge is 0.00922 e. The summed E-state index contributed by atoms with van der Waals surface area (Å²) in [5.41, 5.74) is 0. The molecule has 0 spiro atoms. The Kier molecular flexibility index (Phi) is 12.9. The standard InChI is InChI=1S/C16H24/c1-3-5-7-9-11-13-15-16-14-12-10-8-6-4-2/h15-16H,3-10H2,1-2H3/b16-15+. The maximum atomic E-state index is 3.13. The number of hydrogen-bond donors (Lipinski definition) is 0. The van der Waals surface area contributed by atoms with E-state index in [2.05, 4.69) is 37.5 Å². The van der Waals surface area contributed by atoms with E-state index < -0.39 is 0 Å². The van der Waals surface area contributed by atoms with E-state index in [1.54, 1.807) is 0 Å². The third kappa shape index (κ3) is 12.9. The van der Waals surface area contributed by atoms with Gasteiger partial charge < -0.3 is 0 Å². The zero-order valence-electron chi connectivity index (χ0n) is 10.8. The Bertz CT molecular complexity index is 245. The summed E-state index contributed by atoms with van der Waals surface area (Å²) in [6.07, 6.45) is 13.3. The molecule has 0 aromatic rings. The van der Waals surface area contributed by atoms with Crippen molar-refractivity contribution < 1.29 is 0 Å². The predicted molar refractivity (Wildman–Crippen MR) is 73.0 cm³/mol. The third-order valence-electron chi connectivity index (χ3n) is 2.26. The minimum atomic E-state index is 1.02. The molecule has 0 aliphatic rings. The molecule has 0 heteroatoms. The molecule has 0 saturated carbocycles. The van der Waals surface area contributed by atoms with Crippen LogP contribution in [-0.4, -0.2) is 0 Å². The minimum Gasteiger partial charge on any atom is -0.0985 e. The van der Waals surface area contributed by atoms with Crippen molar-refractivity contribution in [3.05, 3.63) is 12.2 Å².